The molecule has 0 saturated carbocycles. The van der Waals surface area contributed by atoms with Crippen molar-refractivity contribution < 1.29 is 14.3 Å². The molecule has 21 heavy (non-hydrogen) atoms. The summed E-state index contributed by atoms with van der Waals surface area (Å²) >= 11 is 6.30. The first-order chi connectivity index (χ1) is 10.2. The summed E-state index contributed by atoms with van der Waals surface area (Å²) in [7, 11) is 0. The number of thioether (sulfide) groups is 2. The molecule has 0 N–H and O–H groups in total. The third kappa shape index (κ3) is 3.30. The van der Waals surface area contributed by atoms with Gasteiger partial charge < -0.3 is 9.47 Å². The number of fused-ring (bicyclic) bond motifs is 1. The summed E-state index contributed by atoms with van der Waals surface area (Å²) < 4.78 is 12.3. The van der Waals surface area contributed by atoms with E-state index in [2.05, 4.69) is 27.8 Å². The van der Waals surface area contributed by atoms with Crippen LogP contribution in [0.25, 0.3) is 6.08 Å². The highest BCUT2D eigenvalue weighted by molar-refractivity contribution is 9.10. The smallest absolute Gasteiger partial charge is 0.244 e. The Labute approximate surface area is 139 Å². The van der Waals surface area contributed by atoms with E-state index in [0.717, 1.165) is 26.6 Å². The summed E-state index contributed by atoms with van der Waals surface area (Å²) in [5.41, 5.74) is 1.33. The fraction of sp³-hybridized carbons (Fsp3) is 0.286. The normalized spacial score (nSPS) is 18.5. The number of benzene rings is 1. The SMILES string of the molecule is CCCSC1=NC(=Cc2cc3c(cc2Br)OCO3)C(=O)S1. The Kier molecular flexibility index (Phi) is 4.61. The van der Waals surface area contributed by atoms with Gasteiger partial charge in [-0.2, -0.15) is 0 Å². The van der Waals surface area contributed by atoms with Crippen LogP contribution < -0.4 is 9.47 Å². The lowest BCUT2D eigenvalue weighted by atomic mass is 10.1. The molecule has 0 bridgehead atoms. The molecule has 7 heteroatoms. The molecule has 0 saturated heterocycles. The number of aliphatic imine (C=N–C) groups is 1. The first-order valence-electron chi connectivity index (χ1n) is 6.42. The first kappa shape index (κ1) is 15.0. The van der Waals surface area contributed by atoms with E-state index in [1.54, 1.807) is 17.8 Å². The Hall–Kier alpha value is -0.920. The summed E-state index contributed by atoms with van der Waals surface area (Å²) in [4.78, 5) is 16.4. The molecule has 4 nitrogen and oxygen atoms in total. The van der Waals surface area contributed by atoms with Crippen molar-refractivity contribution in [3.8, 4) is 11.5 Å². The second-order valence-electron chi connectivity index (χ2n) is 4.37. The van der Waals surface area contributed by atoms with Gasteiger partial charge in [0, 0.05) is 4.47 Å². The lowest BCUT2D eigenvalue weighted by Crippen LogP contribution is -1.92. The van der Waals surface area contributed by atoms with Gasteiger partial charge >= 0.3 is 0 Å². The Balaban J connectivity index is 1.88. The van der Waals surface area contributed by atoms with E-state index in [9.17, 15) is 4.79 Å². The predicted molar refractivity (Wildman–Crippen MR) is 91.0 cm³/mol. The fourth-order valence-electron chi connectivity index (χ4n) is 1.83. The highest BCUT2D eigenvalue weighted by Crippen LogP contribution is 2.39. The minimum Gasteiger partial charge on any atom is -0.454 e. The van der Waals surface area contributed by atoms with Gasteiger partial charge in [-0.25, -0.2) is 4.99 Å². The van der Waals surface area contributed by atoms with Crippen LogP contribution in [-0.2, 0) is 4.79 Å². The summed E-state index contributed by atoms with van der Waals surface area (Å²) in [6.07, 6.45) is 2.84. The molecule has 110 valence electrons. The van der Waals surface area contributed by atoms with Crippen molar-refractivity contribution in [1.29, 1.82) is 0 Å². The van der Waals surface area contributed by atoms with Crippen molar-refractivity contribution >= 4 is 55.0 Å². The van der Waals surface area contributed by atoms with Crippen molar-refractivity contribution in [2.75, 3.05) is 12.5 Å². The molecular weight excluding hydrogens is 374 g/mol. The number of halogens is 1. The van der Waals surface area contributed by atoms with Crippen LogP contribution in [0.2, 0.25) is 0 Å². The van der Waals surface area contributed by atoms with Gasteiger partial charge in [0.2, 0.25) is 11.9 Å². The van der Waals surface area contributed by atoms with Crippen LogP contribution in [0.1, 0.15) is 18.9 Å². The van der Waals surface area contributed by atoms with Crippen molar-refractivity contribution in [2.24, 2.45) is 4.99 Å². The molecule has 2 heterocycles. The molecule has 2 aliphatic rings. The number of nitrogens with zero attached hydrogens (tertiary/aromatic N) is 1. The van der Waals surface area contributed by atoms with Crippen LogP contribution in [0.4, 0.5) is 0 Å². The standard InChI is InChI=1S/C14H12BrNO3S2/c1-2-3-20-14-16-10(13(17)21-14)4-8-5-11-12(6-9(8)15)19-7-18-11/h4-6H,2-3,7H2,1H3. The van der Waals surface area contributed by atoms with Crippen LogP contribution in [0, 0.1) is 0 Å². The lowest BCUT2D eigenvalue weighted by molar-refractivity contribution is -0.107. The molecule has 0 fully saturated rings. The van der Waals surface area contributed by atoms with E-state index in [1.807, 2.05) is 12.1 Å². The number of rotatable bonds is 3. The third-order valence-electron chi connectivity index (χ3n) is 2.81. The number of ether oxygens (including phenoxy) is 2. The highest BCUT2D eigenvalue weighted by atomic mass is 79.9. The predicted octanol–water partition coefficient (Wildman–Crippen LogP) is 4.29. The first-order valence-corrected chi connectivity index (χ1v) is 9.01. The van der Waals surface area contributed by atoms with Crippen molar-refractivity contribution in [3.05, 3.63) is 27.9 Å². The van der Waals surface area contributed by atoms with Crippen LogP contribution in [0.3, 0.4) is 0 Å². The van der Waals surface area contributed by atoms with Crippen LogP contribution in [0.5, 0.6) is 11.5 Å². The van der Waals surface area contributed by atoms with Crippen LogP contribution in [0.15, 0.2) is 27.3 Å². The zero-order valence-electron chi connectivity index (χ0n) is 11.2. The number of hydrogen-bond acceptors (Lipinski definition) is 6. The molecule has 0 amide bonds. The van der Waals surface area contributed by atoms with Gasteiger partial charge in [0.1, 0.15) is 10.1 Å². The lowest BCUT2D eigenvalue weighted by Gasteiger charge is -2.02. The summed E-state index contributed by atoms with van der Waals surface area (Å²) in [6, 6.07) is 3.70. The zero-order valence-corrected chi connectivity index (χ0v) is 14.4. The average molecular weight is 386 g/mol. The molecule has 0 spiro atoms. The summed E-state index contributed by atoms with van der Waals surface area (Å²) in [5.74, 6) is 2.37. The molecule has 1 aromatic rings. The summed E-state index contributed by atoms with van der Waals surface area (Å²) in [5, 5.41) is -0.0156. The number of carbonyl (C=O) groups is 1. The second kappa shape index (κ2) is 6.46. The van der Waals surface area contributed by atoms with E-state index in [0.29, 0.717) is 17.2 Å². The van der Waals surface area contributed by atoms with Gasteiger partial charge in [-0.1, -0.05) is 34.6 Å². The zero-order chi connectivity index (χ0) is 14.8. The van der Waals surface area contributed by atoms with E-state index in [4.69, 9.17) is 9.47 Å². The molecule has 0 radical (unpaired) electrons. The maximum Gasteiger partial charge on any atom is 0.244 e. The van der Waals surface area contributed by atoms with Gasteiger partial charge in [0.15, 0.2) is 11.5 Å². The molecule has 1 aromatic carbocycles. The van der Waals surface area contributed by atoms with Crippen molar-refractivity contribution in [2.45, 2.75) is 13.3 Å². The topological polar surface area (TPSA) is 47.9 Å². The maximum atomic E-state index is 12.0. The van der Waals surface area contributed by atoms with Crippen LogP contribution in [-0.4, -0.2) is 22.0 Å². The number of carbonyl (C=O) groups excluding carboxylic acids is 1. The van der Waals surface area contributed by atoms with Gasteiger partial charge in [0.25, 0.3) is 0 Å². The third-order valence-corrected chi connectivity index (χ3v) is 5.72. The monoisotopic (exact) mass is 385 g/mol. The second-order valence-corrected chi connectivity index (χ2v) is 7.53. The maximum absolute atomic E-state index is 12.0. The average Bonchev–Trinajstić information content (AvgIpc) is 3.04. The molecule has 0 aromatic heterocycles. The minimum atomic E-state index is -0.0156. The highest BCUT2D eigenvalue weighted by Gasteiger charge is 2.23. The van der Waals surface area contributed by atoms with Gasteiger partial charge in [-0.05, 0) is 47.7 Å². The van der Waals surface area contributed by atoms with E-state index >= 15 is 0 Å². The number of hydrogen-bond donors (Lipinski definition) is 0. The van der Waals surface area contributed by atoms with Gasteiger partial charge in [0.05, 0.1) is 0 Å². The quantitative estimate of drug-likeness (QED) is 0.726. The van der Waals surface area contributed by atoms with Gasteiger partial charge in [-0.15, -0.1) is 0 Å². The molecule has 0 aliphatic carbocycles. The van der Waals surface area contributed by atoms with Crippen molar-refractivity contribution in [1.82, 2.24) is 0 Å². The van der Waals surface area contributed by atoms with E-state index in [-0.39, 0.29) is 11.9 Å². The molecule has 0 atom stereocenters. The molecule has 0 unspecified atom stereocenters. The summed E-state index contributed by atoms with van der Waals surface area (Å²) in [6.45, 7) is 2.34. The van der Waals surface area contributed by atoms with Crippen molar-refractivity contribution in [3.63, 3.8) is 0 Å². The Morgan fingerprint density at radius 3 is 2.95 bits per heavy atom. The molecular formula is C14H12BrNO3S2. The van der Waals surface area contributed by atoms with E-state index in [1.165, 1.54) is 11.8 Å². The minimum absolute atomic E-state index is 0.0156. The fourth-order valence-corrected chi connectivity index (χ4v) is 4.03. The largest absolute Gasteiger partial charge is 0.454 e. The Morgan fingerprint density at radius 1 is 1.43 bits per heavy atom. The molecule has 2 aliphatic heterocycles. The molecule has 3 rings (SSSR count). The van der Waals surface area contributed by atoms with Crippen LogP contribution >= 0.6 is 39.5 Å². The Morgan fingerprint density at radius 2 is 2.19 bits per heavy atom. The Bertz CT molecular complexity index is 658. The van der Waals surface area contributed by atoms with E-state index < -0.39 is 0 Å². The van der Waals surface area contributed by atoms with Gasteiger partial charge in [-0.3, -0.25) is 4.79 Å².